The summed E-state index contributed by atoms with van der Waals surface area (Å²) < 4.78 is 5.56. The first-order valence-corrected chi connectivity index (χ1v) is 12.5. The molecular weight excluding hydrogens is 412 g/mol. The zero-order chi connectivity index (χ0) is 22.6. The molecule has 0 radical (unpaired) electrons. The van der Waals surface area contributed by atoms with Gasteiger partial charge in [-0.2, -0.15) is 0 Å². The summed E-state index contributed by atoms with van der Waals surface area (Å²) in [5.41, 5.74) is 1.14. The number of pyridine rings is 1. The van der Waals surface area contributed by atoms with Gasteiger partial charge in [-0.15, -0.1) is 0 Å². The Kier molecular flexibility index (Phi) is 6.93. The summed E-state index contributed by atoms with van der Waals surface area (Å²) >= 11 is 0. The zero-order valence-corrected chi connectivity index (χ0v) is 19.7. The predicted octanol–water partition coefficient (Wildman–Crippen LogP) is 3.93. The van der Waals surface area contributed by atoms with E-state index >= 15 is 0 Å². The van der Waals surface area contributed by atoms with Gasteiger partial charge in [0.05, 0.1) is 13.3 Å². The molecule has 5 rings (SSSR count). The highest BCUT2D eigenvalue weighted by Crippen LogP contribution is 2.40. The van der Waals surface area contributed by atoms with E-state index < -0.39 is 0 Å². The summed E-state index contributed by atoms with van der Waals surface area (Å²) in [7, 11) is 1.71. The second-order valence-corrected chi connectivity index (χ2v) is 9.68. The van der Waals surface area contributed by atoms with Gasteiger partial charge in [-0.25, -0.2) is 4.98 Å². The van der Waals surface area contributed by atoms with Crippen molar-refractivity contribution in [2.24, 2.45) is 0 Å². The molecule has 0 amide bonds. The number of carbonyl (C=O) groups is 1. The van der Waals surface area contributed by atoms with Crippen molar-refractivity contribution in [2.45, 2.75) is 62.7 Å². The maximum Gasteiger partial charge on any atom is 0.171 e. The molecule has 0 saturated carbocycles. The normalized spacial score (nSPS) is 25.5. The smallest absolute Gasteiger partial charge is 0.171 e. The molecule has 4 unspecified atom stereocenters. The summed E-state index contributed by atoms with van der Waals surface area (Å²) in [6.45, 7) is 3.79. The van der Waals surface area contributed by atoms with Gasteiger partial charge in [0.15, 0.2) is 11.6 Å². The topological polar surface area (TPSA) is 48.9 Å². The van der Waals surface area contributed by atoms with E-state index in [1.165, 1.54) is 38.4 Å². The fraction of sp³-hybridized carbons (Fsp3) is 0.556. The molecular formula is C27H36N4O2. The number of carbonyl (C=O) groups excluding carboxylic acids is 1. The molecule has 0 aliphatic carbocycles. The van der Waals surface area contributed by atoms with Gasteiger partial charge in [-0.05, 0) is 49.8 Å². The van der Waals surface area contributed by atoms with Gasteiger partial charge in [0.1, 0.15) is 6.29 Å². The minimum atomic E-state index is -0.0635. The first-order chi connectivity index (χ1) is 16.3. The van der Waals surface area contributed by atoms with Crippen LogP contribution in [0.2, 0.25) is 0 Å². The predicted molar refractivity (Wildman–Crippen MR) is 131 cm³/mol. The van der Waals surface area contributed by atoms with Crippen molar-refractivity contribution in [3.05, 3.63) is 54.2 Å². The third kappa shape index (κ3) is 4.64. The Bertz CT molecular complexity index is 899. The summed E-state index contributed by atoms with van der Waals surface area (Å²) in [5, 5.41) is 0. The average molecular weight is 449 g/mol. The second-order valence-electron chi connectivity index (χ2n) is 9.68. The van der Waals surface area contributed by atoms with Gasteiger partial charge >= 0.3 is 0 Å². The lowest BCUT2D eigenvalue weighted by Gasteiger charge is -2.49. The monoisotopic (exact) mass is 448 g/mol. The van der Waals surface area contributed by atoms with Crippen molar-refractivity contribution in [3.8, 4) is 5.75 Å². The molecule has 6 nitrogen and oxygen atoms in total. The number of rotatable bonds is 8. The Hall–Kier alpha value is -2.44. The SMILES string of the molecule is COc1cccnc1N1CCN(C(CC(C=O)c2ccccc2)N2C3CCCC2CC3)CC1. The number of methoxy groups -OCH3 is 1. The maximum atomic E-state index is 12.2. The molecule has 0 spiro atoms. The molecule has 2 aromatic rings. The molecule has 6 heteroatoms. The van der Waals surface area contributed by atoms with Gasteiger partial charge in [-0.1, -0.05) is 36.8 Å². The number of fused-ring (bicyclic) bond motifs is 2. The molecule has 0 N–H and O–H groups in total. The average Bonchev–Trinajstić information content (AvgIpc) is 3.12. The minimum absolute atomic E-state index is 0.0635. The van der Waals surface area contributed by atoms with Gasteiger partial charge in [0.2, 0.25) is 0 Å². The number of hydrogen-bond donors (Lipinski definition) is 0. The Balaban J connectivity index is 1.35. The van der Waals surface area contributed by atoms with Crippen LogP contribution in [-0.4, -0.2) is 72.6 Å². The van der Waals surface area contributed by atoms with E-state index in [4.69, 9.17) is 4.74 Å². The van der Waals surface area contributed by atoms with Crippen molar-refractivity contribution in [1.82, 2.24) is 14.8 Å². The number of benzene rings is 1. The quantitative estimate of drug-likeness (QED) is 0.571. The molecule has 3 aliphatic rings. The molecule has 3 saturated heterocycles. The fourth-order valence-corrected chi connectivity index (χ4v) is 6.31. The lowest BCUT2D eigenvalue weighted by molar-refractivity contribution is -0.110. The molecule has 3 aliphatic heterocycles. The lowest BCUT2D eigenvalue weighted by atomic mass is 9.92. The number of piperazine rings is 1. The van der Waals surface area contributed by atoms with E-state index in [9.17, 15) is 4.79 Å². The van der Waals surface area contributed by atoms with Gasteiger partial charge < -0.3 is 14.4 Å². The van der Waals surface area contributed by atoms with Gasteiger partial charge in [0.25, 0.3) is 0 Å². The van der Waals surface area contributed by atoms with Gasteiger partial charge in [-0.3, -0.25) is 9.80 Å². The van der Waals surface area contributed by atoms with Crippen molar-refractivity contribution >= 4 is 12.1 Å². The summed E-state index contributed by atoms with van der Waals surface area (Å²) in [6.07, 6.45) is 10.8. The number of aromatic nitrogens is 1. The molecule has 176 valence electrons. The number of hydrogen-bond acceptors (Lipinski definition) is 6. The Morgan fingerprint density at radius 3 is 2.39 bits per heavy atom. The standard InChI is InChI=1S/C27H36N4O2/c1-33-25-11-6-14-28-27(25)30-17-15-29(16-18-30)26(31-23-9-5-10-24(31)13-12-23)19-22(20-32)21-7-3-2-4-8-21/h2-4,6-8,11,14,20,22-24,26H,5,9-10,12-13,15-19H2,1H3. The first kappa shape index (κ1) is 22.4. The highest BCUT2D eigenvalue weighted by atomic mass is 16.5. The van der Waals surface area contributed by atoms with Gasteiger partial charge in [0, 0.05) is 50.4 Å². The van der Waals surface area contributed by atoms with E-state index in [1.54, 1.807) is 7.11 Å². The number of anilines is 1. The zero-order valence-electron chi connectivity index (χ0n) is 19.7. The van der Waals surface area contributed by atoms with Crippen LogP contribution < -0.4 is 9.64 Å². The third-order valence-electron chi connectivity index (χ3n) is 7.96. The largest absolute Gasteiger partial charge is 0.493 e. The van der Waals surface area contributed by atoms with Crippen LogP contribution in [0.1, 0.15) is 50.0 Å². The molecule has 3 fully saturated rings. The van der Waals surface area contributed by atoms with Crippen LogP contribution in [0.3, 0.4) is 0 Å². The van der Waals surface area contributed by atoms with Crippen LogP contribution in [0, 0.1) is 0 Å². The van der Waals surface area contributed by atoms with Crippen LogP contribution in [0.25, 0.3) is 0 Å². The molecule has 33 heavy (non-hydrogen) atoms. The minimum Gasteiger partial charge on any atom is -0.493 e. The number of ether oxygens (including phenoxy) is 1. The second kappa shape index (κ2) is 10.2. The molecule has 2 bridgehead atoms. The van der Waals surface area contributed by atoms with Crippen molar-refractivity contribution in [3.63, 3.8) is 0 Å². The van der Waals surface area contributed by atoms with Crippen LogP contribution in [0.4, 0.5) is 5.82 Å². The third-order valence-corrected chi connectivity index (χ3v) is 7.96. The maximum absolute atomic E-state index is 12.2. The van der Waals surface area contributed by atoms with Crippen molar-refractivity contribution < 1.29 is 9.53 Å². The Morgan fingerprint density at radius 2 is 1.73 bits per heavy atom. The van der Waals surface area contributed by atoms with E-state index in [1.807, 2.05) is 36.5 Å². The number of piperidine rings is 1. The Morgan fingerprint density at radius 1 is 1.00 bits per heavy atom. The molecule has 4 atom stereocenters. The highest BCUT2D eigenvalue weighted by molar-refractivity contribution is 5.62. The number of nitrogens with zero attached hydrogens (tertiary/aromatic N) is 4. The van der Waals surface area contributed by atoms with Crippen LogP contribution in [0.5, 0.6) is 5.75 Å². The summed E-state index contributed by atoms with van der Waals surface area (Å²) in [6, 6.07) is 15.6. The van der Waals surface area contributed by atoms with Crippen LogP contribution >= 0.6 is 0 Å². The summed E-state index contributed by atoms with van der Waals surface area (Å²) in [4.78, 5) is 24.6. The van der Waals surface area contributed by atoms with Crippen LogP contribution in [-0.2, 0) is 4.79 Å². The Labute approximate surface area is 197 Å². The lowest BCUT2D eigenvalue weighted by Crippen LogP contribution is -2.60. The van der Waals surface area contributed by atoms with E-state index in [0.717, 1.165) is 49.7 Å². The van der Waals surface area contributed by atoms with Crippen molar-refractivity contribution in [2.75, 3.05) is 38.2 Å². The van der Waals surface area contributed by atoms with Crippen LogP contribution in [0.15, 0.2) is 48.7 Å². The first-order valence-electron chi connectivity index (χ1n) is 12.5. The fourth-order valence-electron chi connectivity index (χ4n) is 6.31. The molecule has 1 aromatic heterocycles. The van der Waals surface area contributed by atoms with E-state index in [-0.39, 0.29) is 5.92 Å². The van der Waals surface area contributed by atoms with E-state index in [2.05, 4.69) is 31.8 Å². The molecule has 4 heterocycles. The molecule has 1 aromatic carbocycles. The van der Waals surface area contributed by atoms with Crippen molar-refractivity contribution in [1.29, 1.82) is 0 Å². The summed E-state index contributed by atoms with van der Waals surface area (Å²) in [5.74, 6) is 1.71. The van der Waals surface area contributed by atoms with E-state index in [0.29, 0.717) is 18.2 Å². The highest BCUT2D eigenvalue weighted by Gasteiger charge is 2.43. The number of aldehydes is 1.